The molecular weight excluding hydrogens is 378 g/mol. The Morgan fingerprint density at radius 3 is 2.54 bits per heavy atom. The second-order valence-corrected chi connectivity index (χ2v) is 9.70. The standard InChI is InChI=1S/C19H33N5O3S/c1-20-19(21-14-16-7-11-24(12-8-16)28(2,25)26)22-15-17(18-6-5-13-27-18)23-9-3-4-10-23/h5-6,13,16-17H,3-4,7-12,14-15H2,1-2H3,(H2,20,21,22). The molecule has 0 amide bonds. The van der Waals surface area contributed by atoms with Crippen LogP contribution in [0.5, 0.6) is 0 Å². The summed E-state index contributed by atoms with van der Waals surface area (Å²) in [5.41, 5.74) is 0. The molecule has 1 unspecified atom stereocenters. The monoisotopic (exact) mass is 411 g/mol. The van der Waals surface area contributed by atoms with Crippen LogP contribution in [0, 0.1) is 5.92 Å². The number of piperidine rings is 1. The van der Waals surface area contributed by atoms with Crippen molar-refractivity contribution in [2.75, 3.05) is 52.6 Å². The number of likely N-dealkylation sites (tertiary alicyclic amines) is 1. The molecule has 2 saturated heterocycles. The second-order valence-electron chi connectivity index (χ2n) is 7.71. The lowest BCUT2D eigenvalue weighted by atomic mass is 9.98. The molecule has 1 aromatic rings. The summed E-state index contributed by atoms with van der Waals surface area (Å²) in [5, 5.41) is 6.84. The minimum absolute atomic E-state index is 0.203. The molecule has 0 radical (unpaired) electrons. The average Bonchev–Trinajstić information content (AvgIpc) is 3.38. The van der Waals surface area contributed by atoms with Gasteiger partial charge >= 0.3 is 0 Å². The van der Waals surface area contributed by atoms with Crippen molar-refractivity contribution < 1.29 is 12.8 Å². The fraction of sp³-hybridized carbons (Fsp3) is 0.737. The van der Waals surface area contributed by atoms with E-state index in [1.165, 1.54) is 19.1 Å². The number of rotatable bonds is 7. The largest absolute Gasteiger partial charge is 0.468 e. The zero-order chi connectivity index (χ0) is 20.0. The van der Waals surface area contributed by atoms with Gasteiger partial charge in [0.25, 0.3) is 0 Å². The molecule has 0 aliphatic carbocycles. The van der Waals surface area contributed by atoms with Gasteiger partial charge in [-0.05, 0) is 56.8 Å². The summed E-state index contributed by atoms with van der Waals surface area (Å²) in [5.74, 6) is 2.22. The topological polar surface area (TPSA) is 90.2 Å². The molecule has 158 valence electrons. The van der Waals surface area contributed by atoms with Crippen LogP contribution in [-0.2, 0) is 10.0 Å². The number of nitrogens with zero attached hydrogens (tertiary/aromatic N) is 3. The molecule has 0 saturated carbocycles. The van der Waals surface area contributed by atoms with Crippen LogP contribution in [-0.4, -0.2) is 76.2 Å². The summed E-state index contributed by atoms with van der Waals surface area (Å²) in [6.07, 6.45) is 7.23. The van der Waals surface area contributed by atoms with Gasteiger partial charge < -0.3 is 15.1 Å². The fourth-order valence-corrected chi connectivity index (χ4v) is 4.92. The van der Waals surface area contributed by atoms with Crippen molar-refractivity contribution in [1.29, 1.82) is 0 Å². The van der Waals surface area contributed by atoms with Crippen LogP contribution < -0.4 is 10.6 Å². The molecule has 0 aromatic carbocycles. The lowest BCUT2D eigenvalue weighted by molar-refractivity contribution is 0.215. The molecule has 0 spiro atoms. The van der Waals surface area contributed by atoms with Crippen LogP contribution in [0.4, 0.5) is 0 Å². The van der Waals surface area contributed by atoms with Gasteiger partial charge in [0.05, 0.1) is 18.6 Å². The molecule has 28 heavy (non-hydrogen) atoms. The van der Waals surface area contributed by atoms with Crippen molar-refractivity contribution in [1.82, 2.24) is 19.8 Å². The van der Waals surface area contributed by atoms with E-state index in [0.29, 0.717) is 19.0 Å². The number of aliphatic imine (C=N–C) groups is 1. The van der Waals surface area contributed by atoms with Crippen LogP contribution in [0.3, 0.4) is 0 Å². The van der Waals surface area contributed by atoms with Crippen molar-refractivity contribution in [3.05, 3.63) is 24.2 Å². The van der Waals surface area contributed by atoms with Gasteiger partial charge in [-0.2, -0.15) is 0 Å². The Balaban J connectivity index is 1.46. The number of hydrogen-bond donors (Lipinski definition) is 2. The van der Waals surface area contributed by atoms with E-state index in [1.54, 1.807) is 17.6 Å². The summed E-state index contributed by atoms with van der Waals surface area (Å²) in [6.45, 7) is 4.93. The maximum Gasteiger partial charge on any atom is 0.211 e. The maximum absolute atomic E-state index is 11.6. The predicted molar refractivity (Wildman–Crippen MR) is 111 cm³/mol. The summed E-state index contributed by atoms with van der Waals surface area (Å²) in [4.78, 5) is 6.80. The van der Waals surface area contributed by atoms with Gasteiger partial charge in [0, 0.05) is 33.2 Å². The lowest BCUT2D eigenvalue weighted by Crippen LogP contribution is -2.45. The predicted octanol–water partition coefficient (Wildman–Crippen LogP) is 1.25. The molecule has 2 N–H and O–H groups in total. The minimum atomic E-state index is -3.07. The van der Waals surface area contributed by atoms with Gasteiger partial charge in [-0.15, -0.1) is 0 Å². The highest BCUT2D eigenvalue weighted by Gasteiger charge is 2.27. The molecule has 1 aromatic heterocycles. The Labute approximate surface area is 168 Å². The highest BCUT2D eigenvalue weighted by molar-refractivity contribution is 7.88. The van der Waals surface area contributed by atoms with E-state index < -0.39 is 10.0 Å². The maximum atomic E-state index is 11.6. The molecule has 8 nitrogen and oxygen atoms in total. The van der Waals surface area contributed by atoms with Gasteiger partial charge in [0.2, 0.25) is 10.0 Å². The Kier molecular flexibility index (Phi) is 7.36. The molecule has 0 bridgehead atoms. The van der Waals surface area contributed by atoms with Gasteiger partial charge in [0.1, 0.15) is 5.76 Å². The van der Waals surface area contributed by atoms with E-state index in [4.69, 9.17) is 4.42 Å². The Morgan fingerprint density at radius 2 is 1.96 bits per heavy atom. The van der Waals surface area contributed by atoms with Gasteiger partial charge in [-0.1, -0.05) is 0 Å². The first kappa shape index (κ1) is 21.1. The van der Waals surface area contributed by atoms with Crippen molar-refractivity contribution in [3.63, 3.8) is 0 Å². The zero-order valence-corrected chi connectivity index (χ0v) is 17.7. The highest BCUT2D eigenvalue weighted by Crippen LogP contribution is 2.25. The number of sulfonamides is 1. The van der Waals surface area contributed by atoms with Crippen molar-refractivity contribution in [2.45, 2.75) is 31.7 Å². The fourth-order valence-electron chi connectivity index (χ4n) is 4.04. The molecule has 3 rings (SSSR count). The van der Waals surface area contributed by atoms with E-state index in [1.807, 2.05) is 12.1 Å². The average molecular weight is 412 g/mol. The first-order valence-corrected chi connectivity index (χ1v) is 12.0. The Bertz CT molecular complexity index is 721. The number of nitrogens with one attached hydrogen (secondary N) is 2. The minimum Gasteiger partial charge on any atom is -0.468 e. The molecule has 2 fully saturated rings. The third-order valence-electron chi connectivity index (χ3n) is 5.74. The SMILES string of the molecule is CN=C(NCC1CCN(S(C)(=O)=O)CC1)NCC(c1ccco1)N1CCCC1. The summed E-state index contributed by atoms with van der Waals surface area (Å²) < 4.78 is 30.5. The van der Waals surface area contributed by atoms with Crippen molar-refractivity contribution >= 4 is 16.0 Å². The smallest absolute Gasteiger partial charge is 0.211 e. The van der Waals surface area contributed by atoms with E-state index in [2.05, 4.69) is 20.5 Å². The normalized spacial score (nSPS) is 21.7. The van der Waals surface area contributed by atoms with Crippen LogP contribution in [0.2, 0.25) is 0 Å². The quantitative estimate of drug-likeness (QED) is 0.519. The van der Waals surface area contributed by atoms with E-state index in [0.717, 1.165) is 50.7 Å². The Morgan fingerprint density at radius 1 is 1.25 bits per heavy atom. The second kappa shape index (κ2) is 9.76. The zero-order valence-electron chi connectivity index (χ0n) is 16.9. The molecule has 2 aliphatic heterocycles. The van der Waals surface area contributed by atoms with Gasteiger partial charge in [-0.3, -0.25) is 9.89 Å². The van der Waals surface area contributed by atoms with E-state index >= 15 is 0 Å². The molecule has 2 aliphatic rings. The van der Waals surface area contributed by atoms with Crippen LogP contribution in [0.15, 0.2) is 27.8 Å². The molecule has 3 heterocycles. The van der Waals surface area contributed by atoms with E-state index in [-0.39, 0.29) is 6.04 Å². The van der Waals surface area contributed by atoms with Gasteiger partial charge in [-0.25, -0.2) is 12.7 Å². The van der Waals surface area contributed by atoms with Crippen LogP contribution >= 0.6 is 0 Å². The van der Waals surface area contributed by atoms with Crippen LogP contribution in [0.25, 0.3) is 0 Å². The number of guanidine groups is 1. The Hall–Kier alpha value is -1.58. The number of furan rings is 1. The molecular formula is C19H33N5O3S. The highest BCUT2D eigenvalue weighted by atomic mass is 32.2. The first-order chi connectivity index (χ1) is 13.5. The molecule has 1 atom stereocenters. The summed E-state index contributed by atoms with van der Waals surface area (Å²) >= 11 is 0. The van der Waals surface area contributed by atoms with Gasteiger partial charge in [0.15, 0.2) is 5.96 Å². The van der Waals surface area contributed by atoms with Crippen LogP contribution in [0.1, 0.15) is 37.5 Å². The summed E-state index contributed by atoms with van der Waals surface area (Å²) in [7, 11) is -1.29. The first-order valence-electron chi connectivity index (χ1n) is 10.1. The van der Waals surface area contributed by atoms with E-state index in [9.17, 15) is 8.42 Å². The lowest BCUT2D eigenvalue weighted by Gasteiger charge is -2.31. The molecule has 9 heteroatoms. The number of hydrogen-bond acceptors (Lipinski definition) is 5. The third kappa shape index (κ3) is 5.71. The van der Waals surface area contributed by atoms with Crippen molar-refractivity contribution in [3.8, 4) is 0 Å². The summed E-state index contributed by atoms with van der Waals surface area (Å²) in [6, 6.07) is 4.18. The van der Waals surface area contributed by atoms with Crippen molar-refractivity contribution in [2.24, 2.45) is 10.9 Å². The third-order valence-corrected chi connectivity index (χ3v) is 7.04.